The van der Waals surface area contributed by atoms with Crippen LogP contribution in [0.3, 0.4) is 0 Å². The molecule has 1 saturated heterocycles. The third-order valence-electron chi connectivity index (χ3n) is 6.83. The summed E-state index contributed by atoms with van der Waals surface area (Å²) in [5.41, 5.74) is 8.50. The van der Waals surface area contributed by atoms with Gasteiger partial charge in [-0.1, -0.05) is 29.3 Å². The van der Waals surface area contributed by atoms with Gasteiger partial charge in [0, 0.05) is 36.9 Å². The second-order valence-corrected chi connectivity index (χ2v) is 12.3. The van der Waals surface area contributed by atoms with Gasteiger partial charge in [-0.25, -0.2) is 24.5 Å². The van der Waals surface area contributed by atoms with Crippen molar-refractivity contribution >= 4 is 50.4 Å². The summed E-state index contributed by atoms with van der Waals surface area (Å²) in [6.45, 7) is 5.73. The van der Waals surface area contributed by atoms with Crippen LogP contribution in [0.1, 0.15) is 30.5 Å². The summed E-state index contributed by atoms with van der Waals surface area (Å²) in [7, 11) is 3.15. The molecule has 11 nitrogen and oxygen atoms in total. The van der Waals surface area contributed by atoms with Crippen LogP contribution in [0.2, 0.25) is 0 Å². The van der Waals surface area contributed by atoms with Crippen LogP contribution in [-0.4, -0.2) is 74.0 Å². The van der Waals surface area contributed by atoms with Crippen molar-refractivity contribution in [1.29, 1.82) is 0 Å². The van der Waals surface area contributed by atoms with Gasteiger partial charge in [-0.15, -0.1) is 0 Å². The highest BCUT2D eigenvalue weighted by Crippen LogP contribution is 2.28. The van der Waals surface area contributed by atoms with Gasteiger partial charge in [0.1, 0.15) is 28.8 Å². The first kappa shape index (κ1) is 29.0. The van der Waals surface area contributed by atoms with Crippen molar-refractivity contribution < 1.29 is 9.53 Å². The van der Waals surface area contributed by atoms with E-state index in [1.807, 2.05) is 37.3 Å². The number of nitrogens with zero attached hydrogens (tertiary/aromatic N) is 6. The summed E-state index contributed by atoms with van der Waals surface area (Å²) in [6, 6.07) is 11.3. The van der Waals surface area contributed by atoms with Crippen LogP contribution in [0.4, 0.5) is 16.4 Å². The number of nitrogens with one attached hydrogen (secondary N) is 1. The molecule has 1 amide bonds. The van der Waals surface area contributed by atoms with Crippen LogP contribution >= 0.6 is 21.6 Å². The lowest BCUT2D eigenvalue weighted by Crippen LogP contribution is -2.41. The summed E-state index contributed by atoms with van der Waals surface area (Å²) >= 11 is 0. The van der Waals surface area contributed by atoms with Crippen LogP contribution in [0.25, 0.3) is 11.0 Å². The highest BCUT2D eigenvalue weighted by atomic mass is 33.1. The Morgan fingerprint density at radius 1 is 1.17 bits per heavy atom. The van der Waals surface area contributed by atoms with Gasteiger partial charge in [-0.05, 0) is 73.5 Å². The molecule has 4 aromatic heterocycles. The van der Waals surface area contributed by atoms with Crippen LogP contribution in [0.15, 0.2) is 58.6 Å². The molecule has 0 radical (unpaired) electrons. The number of carbonyl (C=O) groups is 1. The van der Waals surface area contributed by atoms with Crippen molar-refractivity contribution in [3.05, 3.63) is 70.5 Å². The van der Waals surface area contributed by atoms with Crippen LogP contribution in [-0.2, 0) is 11.3 Å². The van der Waals surface area contributed by atoms with Crippen LogP contribution in [0.5, 0.6) is 0 Å². The van der Waals surface area contributed by atoms with Crippen molar-refractivity contribution in [2.75, 3.05) is 49.2 Å². The van der Waals surface area contributed by atoms with Gasteiger partial charge in [0.05, 0.1) is 12.1 Å². The first-order valence-corrected chi connectivity index (χ1v) is 16.0. The number of fused-ring (bicyclic) bond motifs is 1. The number of aromatic amines is 1. The molecule has 216 valence electrons. The van der Waals surface area contributed by atoms with E-state index in [4.69, 9.17) is 10.5 Å². The number of hydrogen-bond donors (Lipinski definition) is 2. The highest BCUT2D eigenvalue weighted by Gasteiger charge is 2.21. The van der Waals surface area contributed by atoms with E-state index in [0.717, 1.165) is 35.9 Å². The molecule has 4 aromatic rings. The summed E-state index contributed by atoms with van der Waals surface area (Å²) in [6.07, 6.45) is 6.64. The Labute approximate surface area is 246 Å². The molecule has 0 spiro atoms. The molecule has 0 atom stereocenters. The maximum absolute atomic E-state index is 13.2. The summed E-state index contributed by atoms with van der Waals surface area (Å²) in [4.78, 5) is 45.7. The molecule has 3 N–H and O–H groups in total. The summed E-state index contributed by atoms with van der Waals surface area (Å²) < 4.78 is 7.26. The quantitative estimate of drug-likeness (QED) is 0.191. The standard InChI is InChI=1S/C28H34N8O3S2/c1-20-17-22-25(26(29)32-20)33-27(37)36(22)19-21-8-9-23(31-18-21)35(14-13-34-11-5-2-6-12-34)28(38)39-15-16-40-41-24-7-3-4-10-30-24/h3-4,7-10,17-18H,2,5-6,11-16,19H2,1H3,(H2,29,32)(H,33,37). The van der Waals surface area contributed by atoms with E-state index in [0.29, 0.717) is 41.5 Å². The van der Waals surface area contributed by atoms with Crippen molar-refractivity contribution in [1.82, 2.24) is 29.4 Å². The zero-order valence-corrected chi connectivity index (χ0v) is 24.6. The van der Waals surface area contributed by atoms with Gasteiger partial charge in [-0.3, -0.25) is 9.47 Å². The van der Waals surface area contributed by atoms with Crippen LogP contribution in [0, 0.1) is 6.92 Å². The Bertz CT molecular complexity index is 1500. The highest BCUT2D eigenvalue weighted by molar-refractivity contribution is 8.76. The second kappa shape index (κ2) is 13.9. The van der Waals surface area contributed by atoms with E-state index in [1.54, 1.807) is 49.5 Å². The fourth-order valence-corrected chi connectivity index (χ4v) is 6.48. The number of aryl methyl sites for hydroxylation is 1. The third-order valence-corrected chi connectivity index (χ3v) is 9.06. The van der Waals surface area contributed by atoms with Crippen molar-refractivity contribution in [2.24, 2.45) is 0 Å². The number of imidazole rings is 1. The monoisotopic (exact) mass is 594 g/mol. The molecule has 0 bridgehead atoms. The van der Waals surface area contributed by atoms with Crippen molar-refractivity contribution in [3.63, 3.8) is 0 Å². The number of nitrogen functional groups attached to an aromatic ring is 1. The molecule has 5 heterocycles. The SMILES string of the molecule is Cc1cc2c([nH]c(=O)n2Cc2ccc(N(CCN3CCCCC3)C(=O)OCCSSc3ccccn3)nc2)c(N)n1. The maximum Gasteiger partial charge on any atom is 0.415 e. The number of anilines is 2. The molecule has 0 aromatic carbocycles. The number of nitrogens with two attached hydrogens (primary N) is 1. The normalized spacial score (nSPS) is 13.9. The first-order valence-electron chi connectivity index (χ1n) is 13.7. The second-order valence-electron chi connectivity index (χ2n) is 9.83. The average molecular weight is 595 g/mol. The topological polar surface area (TPSA) is 135 Å². The lowest BCUT2D eigenvalue weighted by molar-refractivity contribution is 0.158. The Balaban J connectivity index is 1.24. The zero-order valence-electron chi connectivity index (χ0n) is 23.0. The van der Waals surface area contributed by atoms with E-state index in [9.17, 15) is 9.59 Å². The molecular formula is C28H34N8O3S2. The Morgan fingerprint density at radius 2 is 2.02 bits per heavy atom. The van der Waals surface area contributed by atoms with E-state index in [2.05, 4.69) is 24.8 Å². The summed E-state index contributed by atoms with van der Waals surface area (Å²) in [5.74, 6) is 1.45. The molecule has 0 saturated carbocycles. The number of rotatable bonds is 11. The molecule has 0 unspecified atom stereocenters. The third kappa shape index (κ3) is 7.60. The van der Waals surface area contributed by atoms with E-state index in [1.165, 1.54) is 19.3 Å². The smallest absolute Gasteiger partial charge is 0.415 e. The molecule has 1 aliphatic rings. The number of carbonyl (C=O) groups excluding carboxylic acids is 1. The molecule has 5 rings (SSSR count). The van der Waals surface area contributed by atoms with Crippen molar-refractivity contribution in [2.45, 2.75) is 37.8 Å². The van der Waals surface area contributed by atoms with E-state index in [-0.39, 0.29) is 12.3 Å². The van der Waals surface area contributed by atoms with Gasteiger partial charge in [0.15, 0.2) is 0 Å². The number of aromatic nitrogens is 5. The van der Waals surface area contributed by atoms with Gasteiger partial charge < -0.3 is 20.4 Å². The van der Waals surface area contributed by atoms with Gasteiger partial charge >= 0.3 is 11.8 Å². The molecule has 41 heavy (non-hydrogen) atoms. The minimum Gasteiger partial charge on any atom is -0.448 e. The largest absolute Gasteiger partial charge is 0.448 e. The van der Waals surface area contributed by atoms with Gasteiger partial charge in [0.2, 0.25) is 0 Å². The minimum absolute atomic E-state index is 0.269. The molecule has 1 aliphatic heterocycles. The first-order chi connectivity index (χ1) is 20.0. The number of ether oxygens (including phenoxy) is 1. The number of H-pyrrole nitrogens is 1. The summed E-state index contributed by atoms with van der Waals surface area (Å²) in [5, 5.41) is 0.918. The number of hydrogen-bond acceptors (Lipinski definition) is 10. The Kier molecular flexibility index (Phi) is 9.80. The average Bonchev–Trinajstić information content (AvgIpc) is 3.29. The molecular weight excluding hydrogens is 560 g/mol. The van der Waals surface area contributed by atoms with Crippen molar-refractivity contribution in [3.8, 4) is 0 Å². The number of likely N-dealkylation sites (tertiary alicyclic amines) is 1. The maximum atomic E-state index is 13.2. The number of pyridine rings is 3. The van der Waals surface area contributed by atoms with E-state index >= 15 is 0 Å². The minimum atomic E-state index is -0.419. The predicted molar refractivity (Wildman–Crippen MR) is 164 cm³/mol. The molecule has 1 fully saturated rings. The Hall–Kier alpha value is -3.55. The lowest BCUT2D eigenvalue weighted by atomic mass is 10.1. The molecule has 13 heteroatoms. The zero-order chi connectivity index (χ0) is 28.6. The molecule has 0 aliphatic carbocycles. The van der Waals surface area contributed by atoms with Gasteiger partial charge in [-0.2, -0.15) is 0 Å². The fourth-order valence-electron chi connectivity index (χ4n) is 4.78. The Morgan fingerprint density at radius 3 is 2.78 bits per heavy atom. The predicted octanol–water partition coefficient (Wildman–Crippen LogP) is 4.32. The number of piperidine rings is 1. The number of amides is 1. The lowest BCUT2D eigenvalue weighted by Gasteiger charge is -2.29. The van der Waals surface area contributed by atoms with Crippen LogP contribution < -0.4 is 16.3 Å². The van der Waals surface area contributed by atoms with Gasteiger partial charge in [0.25, 0.3) is 0 Å². The van der Waals surface area contributed by atoms with E-state index < -0.39 is 6.09 Å². The fraction of sp³-hybridized carbons (Fsp3) is 0.393.